The number of hydrogen-bond acceptors (Lipinski definition) is 9. The number of rotatable bonds is 22. The molecule has 1 aliphatic rings. The SMILES string of the molecule is CC(=O)NC1C(OCCCCCCCCCCCCCCCC(=O)Oc2c(F)c(F)c(F)c(F)c2F)OC(COC(C)=O)C(OC(C)=O)C1C. The molecular formula is C35H50F5NO9. The quantitative estimate of drug-likeness (QED) is 0.0332. The van der Waals surface area contributed by atoms with E-state index in [0.29, 0.717) is 19.4 Å². The topological polar surface area (TPSA) is 126 Å². The van der Waals surface area contributed by atoms with E-state index in [1.54, 1.807) is 0 Å². The van der Waals surface area contributed by atoms with Crippen LogP contribution in [-0.2, 0) is 38.1 Å². The first-order chi connectivity index (χ1) is 23.7. The van der Waals surface area contributed by atoms with Gasteiger partial charge < -0.3 is 29.0 Å². The van der Waals surface area contributed by atoms with Crippen molar-refractivity contribution in [2.45, 2.75) is 142 Å². The Kier molecular flexibility index (Phi) is 19.3. The van der Waals surface area contributed by atoms with Crippen LogP contribution in [0.4, 0.5) is 22.0 Å². The Balaban J connectivity index is 1.54. The number of amides is 1. The van der Waals surface area contributed by atoms with Crippen LogP contribution in [0.1, 0.15) is 118 Å². The van der Waals surface area contributed by atoms with E-state index < -0.39 is 77.3 Å². The summed E-state index contributed by atoms with van der Waals surface area (Å²) in [7, 11) is 0. The second kappa shape index (κ2) is 22.5. The van der Waals surface area contributed by atoms with Crippen LogP contribution >= 0.6 is 0 Å². The number of hydrogen-bond donors (Lipinski definition) is 1. The predicted octanol–water partition coefficient (Wildman–Crippen LogP) is 7.13. The fraction of sp³-hybridized carbons (Fsp3) is 0.714. The highest BCUT2D eigenvalue weighted by molar-refractivity contribution is 5.73. The van der Waals surface area contributed by atoms with Crippen LogP contribution in [0.15, 0.2) is 0 Å². The summed E-state index contributed by atoms with van der Waals surface area (Å²) >= 11 is 0. The maximum absolute atomic E-state index is 13.6. The molecule has 50 heavy (non-hydrogen) atoms. The van der Waals surface area contributed by atoms with Gasteiger partial charge in [0, 0.05) is 39.7 Å². The Morgan fingerprint density at radius 1 is 0.680 bits per heavy atom. The Morgan fingerprint density at radius 3 is 1.64 bits per heavy atom. The molecule has 1 amide bonds. The molecule has 1 heterocycles. The molecule has 0 radical (unpaired) electrons. The molecule has 0 spiro atoms. The lowest BCUT2D eigenvalue weighted by molar-refractivity contribution is -0.262. The third-order valence-corrected chi connectivity index (χ3v) is 8.37. The molecule has 15 heteroatoms. The van der Waals surface area contributed by atoms with Crippen molar-refractivity contribution in [2.24, 2.45) is 5.92 Å². The lowest BCUT2D eigenvalue weighted by Gasteiger charge is -2.44. The van der Waals surface area contributed by atoms with Crippen LogP contribution in [0, 0.1) is 35.0 Å². The lowest BCUT2D eigenvalue weighted by atomic mass is 9.88. The number of benzene rings is 1. The molecular weight excluding hydrogens is 673 g/mol. The van der Waals surface area contributed by atoms with Gasteiger partial charge in [-0.05, 0) is 12.8 Å². The number of carbonyl (C=O) groups excluding carboxylic acids is 4. The summed E-state index contributed by atoms with van der Waals surface area (Å²) in [5.41, 5.74) is 0. The van der Waals surface area contributed by atoms with Crippen molar-refractivity contribution >= 4 is 23.8 Å². The maximum atomic E-state index is 13.6. The molecule has 0 saturated carbocycles. The fourth-order valence-corrected chi connectivity index (χ4v) is 5.77. The number of ether oxygens (including phenoxy) is 5. The molecule has 5 atom stereocenters. The highest BCUT2D eigenvalue weighted by atomic mass is 19.2. The van der Waals surface area contributed by atoms with Gasteiger partial charge in [0.1, 0.15) is 18.8 Å². The van der Waals surface area contributed by atoms with E-state index in [1.807, 2.05) is 6.92 Å². The Bertz CT molecular complexity index is 1240. The molecule has 0 aliphatic carbocycles. The Morgan fingerprint density at radius 2 is 1.16 bits per heavy atom. The molecule has 1 aromatic carbocycles. The van der Waals surface area contributed by atoms with Crippen LogP contribution in [0.2, 0.25) is 0 Å². The second-order valence-corrected chi connectivity index (χ2v) is 12.6. The van der Waals surface area contributed by atoms with E-state index in [-0.39, 0.29) is 24.9 Å². The molecule has 1 aromatic rings. The van der Waals surface area contributed by atoms with Gasteiger partial charge in [-0.3, -0.25) is 19.2 Å². The fourth-order valence-electron chi connectivity index (χ4n) is 5.77. The van der Waals surface area contributed by atoms with Gasteiger partial charge in [-0.25, -0.2) is 13.2 Å². The normalized spacial score (nSPS) is 20.3. The standard InChI is InChI=1S/C35H50F5NO9/c1-21-32(41-22(2)42)35(49-25(20-47-23(3)43)33(21)48-24(4)44)46-19-17-15-13-11-9-7-5-6-8-10-12-14-16-18-26(45)50-34-30(39)28(37)27(36)29(38)31(34)40/h21,25,32-33,35H,5-20H2,1-4H3,(H,41,42). The molecule has 1 saturated heterocycles. The first-order valence-electron chi connectivity index (χ1n) is 17.3. The molecule has 5 unspecified atom stereocenters. The third-order valence-electron chi connectivity index (χ3n) is 8.37. The van der Waals surface area contributed by atoms with E-state index >= 15 is 0 Å². The van der Waals surface area contributed by atoms with Crippen LogP contribution in [-0.4, -0.2) is 61.6 Å². The average Bonchev–Trinajstić information content (AvgIpc) is 3.06. The molecule has 0 bridgehead atoms. The van der Waals surface area contributed by atoms with Crippen LogP contribution in [0.5, 0.6) is 5.75 Å². The molecule has 0 aromatic heterocycles. The minimum absolute atomic E-state index is 0.118. The van der Waals surface area contributed by atoms with Gasteiger partial charge in [0.05, 0.1) is 6.04 Å². The third kappa shape index (κ3) is 14.5. The van der Waals surface area contributed by atoms with Crippen molar-refractivity contribution in [3.8, 4) is 5.75 Å². The molecule has 1 fully saturated rings. The minimum Gasteiger partial charge on any atom is -0.463 e. The summed E-state index contributed by atoms with van der Waals surface area (Å²) in [6, 6.07) is -0.566. The van der Waals surface area contributed by atoms with Gasteiger partial charge in [0.25, 0.3) is 0 Å². The number of nitrogens with one attached hydrogen (secondary N) is 1. The number of unbranched alkanes of at least 4 members (excludes halogenated alkanes) is 12. The van der Waals surface area contributed by atoms with E-state index in [4.69, 9.17) is 18.9 Å². The zero-order valence-corrected chi connectivity index (χ0v) is 29.3. The molecule has 10 nitrogen and oxygen atoms in total. The summed E-state index contributed by atoms with van der Waals surface area (Å²) in [5.74, 6) is -15.3. The van der Waals surface area contributed by atoms with Crippen LogP contribution in [0.3, 0.4) is 0 Å². The molecule has 1 aliphatic heterocycles. The average molecular weight is 724 g/mol. The van der Waals surface area contributed by atoms with E-state index in [1.165, 1.54) is 20.8 Å². The number of esters is 3. The first-order valence-corrected chi connectivity index (χ1v) is 17.3. The van der Waals surface area contributed by atoms with Crippen molar-refractivity contribution in [2.75, 3.05) is 13.2 Å². The van der Waals surface area contributed by atoms with Gasteiger partial charge in [-0.15, -0.1) is 0 Å². The smallest absolute Gasteiger partial charge is 0.311 e. The monoisotopic (exact) mass is 723 g/mol. The highest BCUT2D eigenvalue weighted by Crippen LogP contribution is 2.31. The van der Waals surface area contributed by atoms with Gasteiger partial charge in [0.15, 0.2) is 6.29 Å². The van der Waals surface area contributed by atoms with E-state index in [2.05, 4.69) is 10.1 Å². The summed E-state index contributed by atoms with van der Waals surface area (Å²) in [6.45, 7) is 6.04. The maximum Gasteiger partial charge on any atom is 0.311 e. The summed E-state index contributed by atoms with van der Waals surface area (Å²) in [4.78, 5) is 46.8. The zero-order valence-electron chi connectivity index (χ0n) is 29.3. The first kappa shape index (κ1) is 42.8. The molecule has 1 N–H and O–H groups in total. The van der Waals surface area contributed by atoms with Crippen molar-refractivity contribution in [1.29, 1.82) is 0 Å². The van der Waals surface area contributed by atoms with E-state index in [9.17, 15) is 41.1 Å². The molecule has 2 rings (SSSR count). The summed E-state index contributed by atoms with van der Waals surface area (Å²) in [5, 5.41) is 2.84. The van der Waals surface area contributed by atoms with Crippen LogP contribution < -0.4 is 10.1 Å². The van der Waals surface area contributed by atoms with Gasteiger partial charge in [-0.1, -0.05) is 77.6 Å². The van der Waals surface area contributed by atoms with Gasteiger partial charge in [-0.2, -0.15) is 8.78 Å². The van der Waals surface area contributed by atoms with Crippen molar-refractivity contribution in [3.05, 3.63) is 29.1 Å². The van der Waals surface area contributed by atoms with E-state index in [0.717, 1.165) is 70.6 Å². The summed E-state index contributed by atoms with van der Waals surface area (Å²) < 4.78 is 93.9. The minimum atomic E-state index is -2.31. The van der Waals surface area contributed by atoms with Crippen LogP contribution in [0.25, 0.3) is 0 Å². The lowest BCUT2D eigenvalue weighted by Crippen LogP contribution is -2.62. The van der Waals surface area contributed by atoms with Crippen molar-refractivity contribution in [1.82, 2.24) is 5.32 Å². The molecule has 284 valence electrons. The van der Waals surface area contributed by atoms with Crippen molar-refractivity contribution in [3.63, 3.8) is 0 Å². The van der Waals surface area contributed by atoms with Crippen molar-refractivity contribution < 1.29 is 64.8 Å². The zero-order chi connectivity index (χ0) is 37.2. The summed E-state index contributed by atoms with van der Waals surface area (Å²) in [6.07, 6.45) is 9.62. The predicted molar refractivity (Wildman–Crippen MR) is 170 cm³/mol. The Hall–Kier alpha value is -3.33. The number of halogens is 5. The Labute approximate surface area is 290 Å². The van der Waals surface area contributed by atoms with Gasteiger partial charge in [0.2, 0.25) is 40.7 Å². The van der Waals surface area contributed by atoms with Gasteiger partial charge >= 0.3 is 17.9 Å². The number of carbonyl (C=O) groups is 4. The highest BCUT2D eigenvalue weighted by Gasteiger charge is 2.47. The largest absolute Gasteiger partial charge is 0.463 e. The second-order valence-electron chi connectivity index (χ2n) is 12.6.